The quantitative estimate of drug-likeness (QED) is 0.631. The maximum atomic E-state index is 12.2. The number of piperazine rings is 1. The Labute approximate surface area is 122 Å². The highest BCUT2D eigenvalue weighted by Crippen LogP contribution is 2.22. The van der Waals surface area contributed by atoms with Gasteiger partial charge in [-0.3, -0.25) is 14.9 Å². The SMILES string of the molecule is Cc1nc(N2CCNCC2C(=O)N(C)C)ccc1[N+](=O)[O-]. The van der Waals surface area contributed by atoms with Crippen molar-refractivity contribution in [3.05, 3.63) is 27.9 Å². The molecular formula is C13H19N5O3. The molecule has 0 radical (unpaired) electrons. The summed E-state index contributed by atoms with van der Waals surface area (Å²) in [6.45, 7) is 3.52. The van der Waals surface area contributed by atoms with E-state index in [0.29, 0.717) is 24.6 Å². The zero-order valence-electron chi connectivity index (χ0n) is 12.4. The molecule has 0 spiro atoms. The summed E-state index contributed by atoms with van der Waals surface area (Å²) >= 11 is 0. The van der Waals surface area contributed by atoms with E-state index in [1.807, 2.05) is 4.90 Å². The highest BCUT2D eigenvalue weighted by molar-refractivity contribution is 5.85. The van der Waals surface area contributed by atoms with E-state index in [0.717, 1.165) is 6.54 Å². The van der Waals surface area contributed by atoms with Crippen molar-refractivity contribution in [2.75, 3.05) is 38.6 Å². The number of hydrogen-bond acceptors (Lipinski definition) is 6. The van der Waals surface area contributed by atoms with Gasteiger partial charge < -0.3 is 15.1 Å². The fourth-order valence-electron chi connectivity index (χ4n) is 2.39. The summed E-state index contributed by atoms with van der Waals surface area (Å²) in [5.41, 5.74) is 0.344. The van der Waals surface area contributed by atoms with Crippen molar-refractivity contribution < 1.29 is 9.72 Å². The van der Waals surface area contributed by atoms with Crippen molar-refractivity contribution in [1.29, 1.82) is 0 Å². The zero-order valence-corrected chi connectivity index (χ0v) is 12.4. The van der Waals surface area contributed by atoms with Crippen molar-refractivity contribution in [3.63, 3.8) is 0 Å². The van der Waals surface area contributed by atoms with Crippen LogP contribution in [0.15, 0.2) is 12.1 Å². The normalized spacial score (nSPS) is 18.4. The second-order valence-electron chi connectivity index (χ2n) is 5.18. The number of aromatic nitrogens is 1. The number of nitrogens with one attached hydrogen (secondary N) is 1. The largest absolute Gasteiger partial charge is 0.347 e. The van der Waals surface area contributed by atoms with E-state index in [1.54, 1.807) is 32.0 Å². The van der Waals surface area contributed by atoms with Gasteiger partial charge in [0.05, 0.1) is 4.92 Å². The van der Waals surface area contributed by atoms with Crippen LogP contribution < -0.4 is 10.2 Å². The second kappa shape index (κ2) is 6.04. The van der Waals surface area contributed by atoms with Crippen LogP contribution in [0.3, 0.4) is 0 Å². The number of hydrogen-bond donors (Lipinski definition) is 1. The monoisotopic (exact) mass is 293 g/mol. The van der Waals surface area contributed by atoms with Crippen LogP contribution in [0.5, 0.6) is 0 Å². The van der Waals surface area contributed by atoms with Gasteiger partial charge in [0, 0.05) is 39.8 Å². The Morgan fingerprint density at radius 2 is 2.24 bits per heavy atom. The number of rotatable bonds is 3. The van der Waals surface area contributed by atoms with Gasteiger partial charge in [0.1, 0.15) is 17.6 Å². The molecule has 114 valence electrons. The third-order valence-corrected chi connectivity index (χ3v) is 3.50. The summed E-state index contributed by atoms with van der Waals surface area (Å²) in [6, 6.07) is 2.70. The summed E-state index contributed by atoms with van der Waals surface area (Å²) in [7, 11) is 3.42. The molecule has 0 aromatic carbocycles. The summed E-state index contributed by atoms with van der Waals surface area (Å²) in [5, 5.41) is 14.0. The highest BCUT2D eigenvalue weighted by atomic mass is 16.6. The molecule has 2 rings (SSSR count). The molecule has 1 N–H and O–H groups in total. The van der Waals surface area contributed by atoms with E-state index in [-0.39, 0.29) is 17.6 Å². The van der Waals surface area contributed by atoms with Crippen molar-refractivity contribution >= 4 is 17.4 Å². The van der Waals surface area contributed by atoms with Crippen LogP contribution in [0.1, 0.15) is 5.69 Å². The summed E-state index contributed by atoms with van der Waals surface area (Å²) in [4.78, 5) is 30.4. The fraction of sp³-hybridized carbons (Fsp3) is 0.538. The molecule has 0 saturated carbocycles. The van der Waals surface area contributed by atoms with E-state index in [4.69, 9.17) is 0 Å². The molecule has 21 heavy (non-hydrogen) atoms. The minimum atomic E-state index is -0.452. The van der Waals surface area contributed by atoms with Gasteiger partial charge in [-0.25, -0.2) is 4.98 Å². The Morgan fingerprint density at radius 3 is 2.81 bits per heavy atom. The number of carbonyl (C=O) groups excluding carboxylic acids is 1. The minimum absolute atomic E-state index is 0.00984. The van der Waals surface area contributed by atoms with E-state index in [2.05, 4.69) is 10.3 Å². The summed E-state index contributed by atoms with van der Waals surface area (Å²) < 4.78 is 0. The molecule has 1 atom stereocenters. The topological polar surface area (TPSA) is 91.6 Å². The molecule has 1 aromatic rings. The zero-order chi connectivity index (χ0) is 15.6. The van der Waals surface area contributed by atoms with Gasteiger partial charge in [-0.15, -0.1) is 0 Å². The molecule has 2 heterocycles. The van der Waals surface area contributed by atoms with Crippen LogP contribution >= 0.6 is 0 Å². The highest BCUT2D eigenvalue weighted by Gasteiger charge is 2.31. The van der Waals surface area contributed by atoms with Crippen molar-refractivity contribution in [2.45, 2.75) is 13.0 Å². The molecule has 1 aliphatic heterocycles. The van der Waals surface area contributed by atoms with Crippen LogP contribution in [0.25, 0.3) is 0 Å². The number of nitrogens with zero attached hydrogens (tertiary/aromatic N) is 4. The van der Waals surface area contributed by atoms with Crippen LogP contribution in [-0.2, 0) is 4.79 Å². The van der Waals surface area contributed by atoms with Gasteiger partial charge in [0.25, 0.3) is 5.69 Å². The number of amides is 1. The molecule has 0 aliphatic carbocycles. The Kier molecular flexibility index (Phi) is 4.37. The number of nitro groups is 1. The average Bonchev–Trinajstić information content (AvgIpc) is 2.45. The maximum Gasteiger partial charge on any atom is 0.290 e. The lowest BCUT2D eigenvalue weighted by atomic mass is 10.1. The van der Waals surface area contributed by atoms with Crippen LogP contribution in [-0.4, -0.2) is 60.5 Å². The van der Waals surface area contributed by atoms with E-state index < -0.39 is 4.92 Å². The molecule has 1 saturated heterocycles. The molecule has 1 aromatic heterocycles. The fourth-order valence-corrected chi connectivity index (χ4v) is 2.39. The van der Waals surface area contributed by atoms with Gasteiger partial charge in [-0.1, -0.05) is 0 Å². The van der Waals surface area contributed by atoms with E-state index in [1.165, 1.54) is 6.07 Å². The molecule has 1 fully saturated rings. The molecule has 1 aliphatic rings. The first kappa shape index (κ1) is 15.2. The Morgan fingerprint density at radius 1 is 1.52 bits per heavy atom. The van der Waals surface area contributed by atoms with Gasteiger partial charge in [-0.05, 0) is 13.0 Å². The number of carbonyl (C=O) groups is 1. The average molecular weight is 293 g/mol. The van der Waals surface area contributed by atoms with Crippen LogP contribution in [0.4, 0.5) is 11.5 Å². The lowest BCUT2D eigenvalue weighted by Gasteiger charge is -2.37. The van der Waals surface area contributed by atoms with Gasteiger partial charge in [-0.2, -0.15) is 0 Å². The van der Waals surface area contributed by atoms with Crippen molar-refractivity contribution in [1.82, 2.24) is 15.2 Å². The first-order valence-electron chi connectivity index (χ1n) is 6.72. The van der Waals surface area contributed by atoms with Crippen LogP contribution in [0, 0.1) is 17.0 Å². The Hall–Kier alpha value is -2.22. The molecule has 8 heteroatoms. The number of pyridine rings is 1. The van der Waals surface area contributed by atoms with Crippen LogP contribution in [0.2, 0.25) is 0 Å². The number of likely N-dealkylation sites (N-methyl/N-ethyl adjacent to an activating group) is 1. The summed E-state index contributed by atoms with van der Waals surface area (Å²) in [5.74, 6) is 0.583. The molecule has 1 amide bonds. The second-order valence-corrected chi connectivity index (χ2v) is 5.18. The lowest BCUT2D eigenvalue weighted by molar-refractivity contribution is -0.385. The first-order valence-corrected chi connectivity index (χ1v) is 6.72. The van der Waals surface area contributed by atoms with E-state index in [9.17, 15) is 14.9 Å². The van der Waals surface area contributed by atoms with Gasteiger partial charge >= 0.3 is 0 Å². The molecule has 8 nitrogen and oxygen atoms in total. The minimum Gasteiger partial charge on any atom is -0.347 e. The Bertz CT molecular complexity index is 561. The number of aryl methyl sites for hydroxylation is 1. The third-order valence-electron chi connectivity index (χ3n) is 3.50. The predicted molar refractivity (Wildman–Crippen MR) is 78.3 cm³/mol. The molecular weight excluding hydrogens is 274 g/mol. The third kappa shape index (κ3) is 3.10. The van der Waals surface area contributed by atoms with Crippen molar-refractivity contribution in [3.8, 4) is 0 Å². The van der Waals surface area contributed by atoms with Gasteiger partial charge in [0.15, 0.2) is 0 Å². The Balaban J connectivity index is 2.31. The van der Waals surface area contributed by atoms with E-state index >= 15 is 0 Å². The first-order chi connectivity index (χ1) is 9.91. The molecule has 1 unspecified atom stereocenters. The molecule has 0 bridgehead atoms. The predicted octanol–water partition coefficient (Wildman–Crippen LogP) is 0.165. The summed E-state index contributed by atoms with van der Waals surface area (Å²) in [6.07, 6.45) is 0. The van der Waals surface area contributed by atoms with Crippen molar-refractivity contribution in [2.24, 2.45) is 0 Å². The number of anilines is 1. The smallest absolute Gasteiger partial charge is 0.290 e. The standard InChI is InChI=1S/C13H19N5O3/c1-9-10(18(20)21)4-5-12(15-9)17-7-6-14-8-11(17)13(19)16(2)3/h4-5,11,14H,6-8H2,1-3H3. The lowest BCUT2D eigenvalue weighted by Crippen LogP contribution is -2.58. The van der Waals surface area contributed by atoms with Gasteiger partial charge in [0.2, 0.25) is 5.91 Å². The maximum absolute atomic E-state index is 12.2.